The SMILES string of the molecule is CCOC(=O)C(=CNc1cccc(CC)n1)C(=O)OCC. The second kappa shape index (κ2) is 8.73. The summed E-state index contributed by atoms with van der Waals surface area (Å²) in [6.07, 6.45) is 2.06. The van der Waals surface area contributed by atoms with Gasteiger partial charge in [-0.15, -0.1) is 0 Å². The van der Waals surface area contributed by atoms with Gasteiger partial charge in [0.1, 0.15) is 5.82 Å². The number of pyridine rings is 1. The minimum Gasteiger partial charge on any atom is -0.462 e. The molecule has 1 heterocycles. The van der Waals surface area contributed by atoms with Crippen molar-refractivity contribution in [3.63, 3.8) is 0 Å². The van der Waals surface area contributed by atoms with Crippen LogP contribution in [-0.2, 0) is 25.5 Å². The maximum absolute atomic E-state index is 11.8. The molecule has 0 unspecified atom stereocenters. The molecule has 0 fully saturated rings. The van der Waals surface area contributed by atoms with E-state index in [1.54, 1.807) is 19.9 Å². The largest absolute Gasteiger partial charge is 0.462 e. The molecule has 114 valence electrons. The lowest BCUT2D eigenvalue weighted by molar-refractivity contribution is -0.146. The number of ether oxygens (including phenoxy) is 2. The molecule has 6 nitrogen and oxygen atoms in total. The Kier molecular flexibility index (Phi) is 6.94. The van der Waals surface area contributed by atoms with Gasteiger partial charge in [-0.05, 0) is 32.4 Å². The highest BCUT2D eigenvalue weighted by Crippen LogP contribution is 2.08. The monoisotopic (exact) mass is 292 g/mol. The van der Waals surface area contributed by atoms with Crippen molar-refractivity contribution in [2.45, 2.75) is 27.2 Å². The molecule has 0 saturated heterocycles. The average Bonchev–Trinajstić information content (AvgIpc) is 2.48. The molecule has 0 spiro atoms. The third kappa shape index (κ3) is 5.25. The van der Waals surface area contributed by atoms with E-state index in [4.69, 9.17) is 9.47 Å². The second-order valence-corrected chi connectivity index (χ2v) is 4.01. The zero-order chi connectivity index (χ0) is 15.7. The summed E-state index contributed by atoms with van der Waals surface area (Å²) in [5.41, 5.74) is 0.713. The van der Waals surface area contributed by atoms with E-state index in [9.17, 15) is 9.59 Å². The lowest BCUT2D eigenvalue weighted by Crippen LogP contribution is -2.19. The molecule has 0 atom stereocenters. The molecule has 1 rings (SSSR count). The second-order valence-electron chi connectivity index (χ2n) is 4.01. The molecule has 1 aromatic rings. The highest BCUT2D eigenvalue weighted by Gasteiger charge is 2.20. The van der Waals surface area contributed by atoms with Gasteiger partial charge in [-0.3, -0.25) is 0 Å². The minimum atomic E-state index is -0.727. The van der Waals surface area contributed by atoms with Crippen LogP contribution >= 0.6 is 0 Å². The van der Waals surface area contributed by atoms with E-state index < -0.39 is 11.9 Å². The number of nitrogens with zero attached hydrogens (tertiary/aromatic N) is 1. The first-order valence-corrected chi connectivity index (χ1v) is 6.89. The number of aromatic nitrogens is 1. The Balaban J connectivity index is 2.90. The van der Waals surface area contributed by atoms with Gasteiger partial charge in [0, 0.05) is 11.9 Å². The van der Waals surface area contributed by atoms with Crippen molar-refractivity contribution in [3.05, 3.63) is 35.7 Å². The van der Waals surface area contributed by atoms with Crippen LogP contribution in [-0.4, -0.2) is 30.1 Å². The van der Waals surface area contributed by atoms with E-state index >= 15 is 0 Å². The van der Waals surface area contributed by atoms with Gasteiger partial charge in [-0.25, -0.2) is 14.6 Å². The van der Waals surface area contributed by atoms with Crippen molar-refractivity contribution in [1.82, 2.24) is 4.98 Å². The van der Waals surface area contributed by atoms with E-state index in [0.29, 0.717) is 5.82 Å². The predicted molar refractivity (Wildman–Crippen MR) is 78.6 cm³/mol. The van der Waals surface area contributed by atoms with Crippen LogP contribution in [0.4, 0.5) is 5.82 Å². The highest BCUT2D eigenvalue weighted by atomic mass is 16.6. The van der Waals surface area contributed by atoms with E-state index in [1.807, 2.05) is 19.1 Å². The van der Waals surface area contributed by atoms with Crippen LogP contribution in [0.2, 0.25) is 0 Å². The topological polar surface area (TPSA) is 77.5 Å². The molecule has 0 radical (unpaired) electrons. The van der Waals surface area contributed by atoms with Crippen molar-refractivity contribution in [2.24, 2.45) is 0 Å². The van der Waals surface area contributed by atoms with Gasteiger partial charge in [-0.2, -0.15) is 0 Å². The van der Waals surface area contributed by atoms with Crippen LogP contribution in [0.1, 0.15) is 26.5 Å². The standard InChI is InChI=1S/C15H20N2O4/c1-4-11-8-7-9-13(17-11)16-10-12(14(18)20-5-2)15(19)21-6-3/h7-10H,4-6H2,1-3H3,(H,16,17). The summed E-state index contributed by atoms with van der Waals surface area (Å²) in [5, 5.41) is 2.82. The summed E-state index contributed by atoms with van der Waals surface area (Å²) in [5.74, 6) is -0.911. The fourth-order valence-electron chi connectivity index (χ4n) is 1.52. The first-order chi connectivity index (χ1) is 10.1. The molecule has 6 heteroatoms. The summed E-state index contributed by atoms with van der Waals surface area (Å²) < 4.78 is 9.67. The fraction of sp³-hybridized carbons (Fsp3) is 0.400. The van der Waals surface area contributed by atoms with Crippen molar-refractivity contribution in [1.29, 1.82) is 0 Å². The molecular formula is C15H20N2O4. The van der Waals surface area contributed by atoms with E-state index in [-0.39, 0.29) is 18.8 Å². The number of hydrogen-bond donors (Lipinski definition) is 1. The predicted octanol–water partition coefficient (Wildman–Crippen LogP) is 2.07. The smallest absolute Gasteiger partial charge is 0.347 e. The fourth-order valence-corrected chi connectivity index (χ4v) is 1.52. The summed E-state index contributed by atoms with van der Waals surface area (Å²) in [4.78, 5) is 27.8. The molecule has 21 heavy (non-hydrogen) atoms. The summed E-state index contributed by atoms with van der Waals surface area (Å²) in [6, 6.07) is 5.48. The van der Waals surface area contributed by atoms with Crippen LogP contribution in [0.5, 0.6) is 0 Å². The molecule has 0 saturated carbocycles. The Morgan fingerprint density at radius 3 is 2.29 bits per heavy atom. The van der Waals surface area contributed by atoms with Gasteiger partial charge in [0.05, 0.1) is 13.2 Å². The molecule has 0 aliphatic heterocycles. The summed E-state index contributed by atoms with van der Waals surface area (Å²) >= 11 is 0. The number of aryl methyl sites for hydroxylation is 1. The van der Waals surface area contributed by atoms with E-state index in [0.717, 1.165) is 12.1 Å². The Morgan fingerprint density at radius 1 is 1.14 bits per heavy atom. The van der Waals surface area contributed by atoms with Gasteiger partial charge in [0.2, 0.25) is 0 Å². The molecule has 0 aromatic carbocycles. The maximum Gasteiger partial charge on any atom is 0.347 e. The molecular weight excluding hydrogens is 272 g/mol. The van der Waals surface area contributed by atoms with Crippen LogP contribution < -0.4 is 5.32 Å². The van der Waals surface area contributed by atoms with Crippen molar-refractivity contribution < 1.29 is 19.1 Å². The highest BCUT2D eigenvalue weighted by molar-refractivity contribution is 6.14. The maximum atomic E-state index is 11.8. The van der Waals surface area contributed by atoms with Crippen LogP contribution in [0.15, 0.2) is 30.0 Å². The van der Waals surface area contributed by atoms with Gasteiger partial charge in [0.25, 0.3) is 0 Å². The zero-order valence-corrected chi connectivity index (χ0v) is 12.5. The van der Waals surface area contributed by atoms with Gasteiger partial charge in [-0.1, -0.05) is 13.0 Å². The van der Waals surface area contributed by atoms with Gasteiger partial charge < -0.3 is 14.8 Å². The third-order valence-electron chi connectivity index (χ3n) is 2.52. The molecule has 0 aliphatic carbocycles. The normalized spacial score (nSPS) is 9.67. The van der Waals surface area contributed by atoms with E-state index in [2.05, 4.69) is 10.3 Å². The number of carbonyl (C=O) groups is 2. The average molecular weight is 292 g/mol. The Bertz CT molecular complexity index is 506. The lowest BCUT2D eigenvalue weighted by Gasteiger charge is -2.07. The number of hydrogen-bond acceptors (Lipinski definition) is 6. The van der Waals surface area contributed by atoms with Crippen molar-refractivity contribution >= 4 is 17.8 Å². The van der Waals surface area contributed by atoms with Crippen molar-refractivity contribution in [2.75, 3.05) is 18.5 Å². The van der Waals surface area contributed by atoms with Gasteiger partial charge in [0.15, 0.2) is 5.57 Å². The van der Waals surface area contributed by atoms with Crippen LogP contribution in [0, 0.1) is 0 Å². The molecule has 0 bridgehead atoms. The zero-order valence-electron chi connectivity index (χ0n) is 12.5. The number of nitrogens with one attached hydrogen (secondary N) is 1. The van der Waals surface area contributed by atoms with Crippen LogP contribution in [0.3, 0.4) is 0 Å². The quantitative estimate of drug-likeness (QED) is 0.359. The molecule has 0 aliphatic rings. The Labute approximate surface area is 124 Å². The van der Waals surface area contributed by atoms with E-state index in [1.165, 1.54) is 6.20 Å². The number of rotatable bonds is 7. The van der Waals surface area contributed by atoms with Gasteiger partial charge >= 0.3 is 11.9 Å². The number of esters is 2. The summed E-state index contributed by atoms with van der Waals surface area (Å²) in [6.45, 7) is 5.68. The minimum absolute atomic E-state index is 0.180. The number of carbonyl (C=O) groups excluding carboxylic acids is 2. The first kappa shape index (κ1) is 16.7. The summed E-state index contributed by atoms with van der Waals surface area (Å²) in [7, 11) is 0. The third-order valence-corrected chi connectivity index (χ3v) is 2.52. The number of anilines is 1. The molecule has 1 aromatic heterocycles. The lowest BCUT2D eigenvalue weighted by atomic mass is 10.3. The van der Waals surface area contributed by atoms with Crippen LogP contribution in [0.25, 0.3) is 0 Å². The molecule has 0 amide bonds. The Hall–Kier alpha value is -2.37. The van der Waals surface area contributed by atoms with Crippen molar-refractivity contribution in [3.8, 4) is 0 Å². The first-order valence-electron chi connectivity index (χ1n) is 6.89. The Morgan fingerprint density at radius 2 is 1.76 bits per heavy atom. The molecule has 1 N–H and O–H groups in total.